The first-order valence-corrected chi connectivity index (χ1v) is 4.82. The molecule has 4 heteroatoms. The smallest absolute Gasteiger partial charge is 0.146 e. The maximum absolute atomic E-state index is 13.4. The van der Waals surface area contributed by atoms with Gasteiger partial charge in [-0.3, -0.25) is 0 Å². The molecule has 0 spiro atoms. The lowest BCUT2D eigenvalue weighted by Crippen LogP contribution is -2.35. The molecule has 0 fully saturated rings. The number of hydrogen-bond donors (Lipinski definition) is 1. The first-order chi connectivity index (χ1) is 6.56. The summed E-state index contributed by atoms with van der Waals surface area (Å²) < 4.78 is 13.4. The van der Waals surface area contributed by atoms with Gasteiger partial charge in [-0.15, -0.1) is 0 Å². The molecule has 0 radical (unpaired) electrons. The van der Waals surface area contributed by atoms with Crippen molar-refractivity contribution in [2.45, 2.75) is 13.0 Å². The summed E-state index contributed by atoms with van der Waals surface area (Å²) in [5.74, 6) is -0.280. The van der Waals surface area contributed by atoms with Crippen molar-refractivity contribution < 1.29 is 4.39 Å². The van der Waals surface area contributed by atoms with E-state index in [-0.39, 0.29) is 11.9 Å². The summed E-state index contributed by atoms with van der Waals surface area (Å²) in [6.07, 6.45) is 0. The fourth-order valence-corrected chi connectivity index (χ4v) is 1.32. The van der Waals surface area contributed by atoms with Crippen LogP contribution in [-0.2, 0) is 0 Å². The zero-order chi connectivity index (χ0) is 10.7. The molecule has 0 saturated heterocycles. The molecular weight excluding hydrogens is 203 g/mol. The van der Waals surface area contributed by atoms with Crippen LogP contribution in [0.15, 0.2) is 18.2 Å². The second-order valence-electron chi connectivity index (χ2n) is 3.29. The molecule has 1 aromatic carbocycles. The Bertz CT molecular complexity index is 317. The van der Waals surface area contributed by atoms with E-state index in [4.69, 9.17) is 17.3 Å². The summed E-state index contributed by atoms with van der Waals surface area (Å²) in [4.78, 5) is 1.78. The van der Waals surface area contributed by atoms with Crippen LogP contribution < -0.4 is 10.6 Å². The molecule has 2 nitrogen and oxygen atoms in total. The van der Waals surface area contributed by atoms with Crippen molar-refractivity contribution in [3.8, 4) is 0 Å². The Balaban J connectivity index is 2.99. The highest BCUT2D eigenvalue weighted by molar-refractivity contribution is 6.30. The van der Waals surface area contributed by atoms with Crippen LogP contribution in [0.2, 0.25) is 5.02 Å². The molecule has 1 unspecified atom stereocenters. The monoisotopic (exact) mass is 216 g/mol. The van der Waals surface area contributed by atoms with Crippen molar-refractivity contribution >= 4 is 17.3 Å². The molecule has 0 aromatic heterocycles. The third kappa shape index (κ3) is 2.36. The van der Waals surface area contributed by atoms with Crippen LogP contribution in [0.4, 0.5) is 10.1 Å². The largest absolute Gasteiger partial charge is 0.368 e. The molecule has 0 aliphatic heterocycles. The first-order valence-electron chi connectivity index (χ1n) is 4.44. The Hall–Kier alpha value is -0.800. The number of nitrogens with zero attached hydrogens (tertiary/aromatic N) is 1. The van der Waals surface area contributed by atoms with Gasteiger partial charge in [-0.05, 0) is 25.1 Å². The molecule has 1 rings (SSSR count). The Labute approximate surface area is 88.5 Å². The number of nitrogens with two attached hydrogens (primary N) is 1. The lowest BCUT2D eigenvalue weighted by molar-refractivity contribution is 0.607. The van der Waals surface area contributed by atoms with E-state index >= 15 is 0 Å². The number of halogens is 2. The summed E-state index contributed by atoms with van der Waals surface area (Å²) in [5, 5.41) is 0.525. The Morgan fingerprint density at radius 2 is 2.21 bits per heavy atom. The minimum Gasteiger partial charge on any atom is -0.368 e. The molecule has 78 valence electrons. The number of hydrogen-bond acceptors (Lipinski definition) is 2. The van der Waals surface area contributed by atoms with Gasteiger partial charge >= 0.3 is 0 Å². The minimum atomic E-state index is -0.280. The highest BCUT2D eigenvalue weighted by atomic mass is 35.5. The van der Waals surface area contributed by atoms with Crippen molar-refractivity contribution in [1.29, 1.82) is 0 Å². The van der Waals surface area contributed by atoms with E-state index in [1.807, 2.05) is 6.92 Å². The summed E-state index contributed by atoms with van der Waals surface area (Å²) in [6.45, 7) is 2.41. The molecule has 0 heterocycles. The molecule has 1 atom stereocenters. The average Bonchev–Trinajstić information content (AvgIpc) is 2.19. The molecule has 0 amide bonds. The maximum Gasteiger partial charge on any atom is 0.146 e. The first kappa shape index (κ1) is 11.3. The van der Waals surface area contributed by atoms with Crippen LogP contribution >= 0.6 is 11.6 Å². The fraction of sp³-hybridized carbons (Fsp3) is 0.400. The van der Waals surface area contributed by atoms with Crippen molar-refractivity contribution in [3.05, 3.63) is 29.0 Å². The van der Waals surface area contributed by atoms with E-state index in [9.17, 15) is 4.39 Å². The van der Waals surface area contributed by atoms with Gasteiger partial charge in [-0.25, -0.2) is 4.39 Å². The van der Waals surface area contributed by atoms with E-state index in [0.29, 0.717) is 17.3 Å². The van der Waals surface area contributed by atoms with Crippen molar-refractivity contribution in [2.75, 3.05) is 18.5 Å². The van der Waals surface area contributed by atoms with E-state index in [2.05, 4.69) is 0 Å². The summed E-state index contributed by atoms with van der Waals surface area (Å²) >= 11 is 5.78. The van der Waals surface area contributed by atoms with E-state index in [1.54, 1.807) is 18.0 Å². The zero-order valence-corrected chi connectivity index (χ0v) is 9.05. The molecule has 0 saturated carbocycles. The van der Waals surface area contributed by atoms with Crippen molar-refractivity contribution in [1.82, 2.24) is 0 Å². The van der Waals surface area contributed by atoms with Gasteiger partial charge in [0.15, 0.2) is 0 Å². The predicted octanol–water partition coefficient (Wildman–Crippen LogP) is 2.26. The lowest BCUT2D eigenvalue weighted by Gasteiger charge is -2.26. The van der Waals surface area contributed by atoms with Crippen LogP contribution in [0.3, 0.4) is 0 Å². The van der Waals surface area contributed by atoms with Gasteiger partial charge < -0.3 is 10.6 Å². The molecule has 0 bridgehead atoms. The molecule has 0 aliphatic rings. The van der Waals surface area contributed by atoms with E-state index in [0.717, 1.165) is 0 Å². The highest BCUT2D eigenvalue weighted by Gasteiger charge is 2.12. The Morgan fingerprint density at radius 3 is 2.79 bits per heavy atom. The highest BCUT2D eigenvalue weighted by Crippen LogP contribution is 2.23. The lowest BCUT2D eigenvalue weighted by atomic mass is 10.2. The van der Waals surface area contributed by atoms with Crippen molar-refractivity contribution in [2.24, 2.45) is 5.73 Å². The second kappa shape index (κ2) is 4.62. The normalized spacial score (nSPS) is 12.6. The van der Waals surface area contributed by atoms with E-state index in [1.165, 1.54) is 12.1 Å². The topological polar surface area (TPSA) is 29.3 Å². The fourth-order valence-electron chi connectivity index (χ4n) is 1.15. The van der Waals surface area contributed by atoms with E-state index < -0.39 is 0 Å². The number of rotatable bonds is 3. The molecule has 0 aliphatic carbocycles. The standard InChI is InChI=1S/C10H14ClFN2/c1-7(6-13)14(2)10-5-8(11)3-4-9(10)12/h3-5,7H,6,13H2,1-2H3. The summed E-state index contributed by atoms with van der Waals surface area (Å²) in [7, 11) is 1.80. The Morgan fingerprint density at radius 1 is 1.57 bits per heavy atom. The summed E-state index contributed by atoms with van der Waals surface area (Å²) in [6, 6.07) is 4.57. The maximum atomic E-state index is 13.4. The number of likely N-dealkylation sites (N-methyl/N-ethyl adjacent to an activating group) is 1. The van der Waals surface area contributed by atoms with Gasteiger partial charge in [0.05, 0.1) is 5.69 Å². The Kier molecular flexibility index (Phi) is 3.72. The minimum absolute atomic E-state index is 0.0861. The summed E-state index contributed by atoms with van der Waals surface area (Å²) in [5.41, 5.74) is 5.98. The molecule has 14 heavy (non-hydrogen) atoms. The second-order valence-corrected chi connectivity index (χ2v) is 3.73. The van der Waals surface area contributed by atoms with Crippen LogP contribution in [0.1, 0.15) is 6.92 Å². The molecular formula is C10H14ClFN2. The van der Waals surface area contributed by atoms with Crippen LogP contribution in [0.25, 0.3) is 0 Å². The van der Waals surface area contributed by atoms with Crippen molar-refractivity contribution in [3.63, 3.8) is 0 Å². The van der Waals surface area contributed by atoms with Gasteiger partial charge in [0.2, 0.25) is 0 Å². The number of benzene rings is 1. The van der Waals surface area contributed by atoms with Gasteiger partial charge in [0, 0.05) is 24.7 Å². The molecule has 2 N–H and O–H groups in total. The van der Waals surface area contributed by atoms with Gasteiger partial charge in [0.1, 0.15) is 5.82 Å². The zero-order valence-electron chi connectivity index (χ0n) is 8.30. The quantitative estimate of drug-likeness (QED) is 0.840. The van der Waals surface area contributed by atoms with Crippen LogP contribution in [0, 0.1) is 5.82 Å². The molecule has 1 aromatic rings. The van der Waals surface area contributed by atoms with Gasteiger partial charge in [0.25, 0.3) is 0 Å². The van der Waals surface area contributed by atoms with Crippen LogP contribution in [0.5, 0.6) is 0 Å². The van der Waals surface area contributed by atoms with Gasteiger partial charge in [-0.1, -0.05) is 11.6 Å². The average molecular weight is 217 g/mol. The van der Waals surface area contributed by atoms with Gasteiger partial charge in [-0.2, -0.15) is 0 Å². The third-order valence-corrected chi connectivity index (χ3v) is 2.53. The van der Waals surface area contributed by atoms with Crippen LogP contribution in [-0.4, -0.2) is 19.6 Å². The SMILES string of the molecule is CC(CN)N(C)c1cc(Cl)ccc1F. The third-order valence-electron chi connectivity index (χ3n) is 2.29. The number of anilines is 1. The predicted molar refractivity (Wildman–Crippen MR) is 58.3 cm³/mol.